The van der Waals surface area contributed by atoms with Crippen LogP contribution in [0.3, 0.4) is 0 Å². The van der Waals surface area contributed by atoms with E-state index in [2.05, 4.69) is 20.8 Å². The third-order valence-electron chi connectivity index (χ3n) is 3.33. The standard InChI is InChI=1S/C10H20O2P/c1-8-5-9(6-10(8,2)3)7-12-13(4)11/h8-9H,5-7H2,1-4H3/q+1. The van der Waals surface area contributed by atoms with Crippen LogP contribution in [-0.4, -0.2) is 13.3 Å². The summed E-state index contributed by atoms with van der Waals surface area (Å²) < 4.78 is 15.9. The van der Waals surface area contributed by atoms with Crippen LogP contribution in [0.25, 0.3) is 0 Å². The average molecular weight is 203 g/mol. The molecule has 0 amide bonds. The molecule has 0 saturated heterocycles. The summed E-state index contributed by atoms with van der Waals surface area (Å²) in [4.78, 5) is 0. The molecule has 0 aromatic heterocycles. The maximum Gasteiger partial charge on any atom is 0.504 e. The molecule has 76 valence electrons. The minimum absolute atomic E-state index is 0.438. The Morgan fingerprint density at radius 1 is 1.54 bits per heavy atom. The first kappa shape index (κ1) is 11.1. The van der Waals surface area contributed by atoms with Crippen molar-refractivity contribution in [1.29, 1.82) is 0 Å². The van der Waals surface area contributed by atoms with Crippen LogP contribution in [0.15, 0.2) is 0 Å². The largest absolute Gasteiger partial charge is 0.504 e. The molecule has 0 aliphatic heterocycles. The van der Waals surface area contributed by atoms with Crippen molar-refractivity contribution in [2.45, 2.75) is 33.6 Å². The van der Waals surface area contributed by atoms with E-state index in [1.54, 1.807) is 6.66 Å². The maximum absolute atomic E-state index is 10.8. The van der Waals surface area contributed by atoms with Gasteiger partial charge in [-0.05, 0) is 34.7 Å². The highest BCUT2D eigenvalue weighted by atomic mass is 31.1. The van der Waals surface area contributed by atoms with Crippen molar-refractivity contribution in [3.05, 3.63) is 0 Å². The topological polar surface area (TPSA) is 26.3 Å². The molecule has 0 spiro atoms. The molecule has 1 fully saturated rings. The Balaban J connectivity index is 2.36. The molecular formula is C10H20O2P+. The van der Waals surface area contributed by atoms with Crippen molar-refractivity contribution in [2.24, 2.45) is 17.3 Å². The van der Waals surface area contributed by atoms with Crippen LogP contribution in [0.1, 0.15) is 33.6 Å². The molecule has 13 heavy (non-hydrogen) atoms. The molecule has 3 heteroatoms. The number of hydrogen-bond donors (Lipinski definition) is 0. The van der Waals surface area contributed by atoms with E-state index in [1.165, 1.54) is 12.8 Å². The van der Waals surface area contributed by atoms with Gasteiger partial charge in [0.05, 0.1) is 0 Å². The highest BCUT2D eigenvalue weighted by molar-refractivity contribution is 7.38. The van der Waals surface area contributed by atoms with Crippen LogP contribution in [-0.2, 0) is 9.09 Å². The lowest BCUT2D eigenvalue weighted by Crippen LogP contribution is -2.13. The molecule has 0 aromatic carbocycles. The van der Waals surface area contributed by atoms with Crippen LogP contribution in [0.4, 0.5) is 0 Å². The van der Waals surface area contributed by atoms with Crippen LogP contribution in [0, 0.1) is 17.3 Å². The first-order chi connectivity index (χ1) is 5.92. The minimum Gasteiger partial charge on any atom is -0.146 e. The fourth-order valence-electron chi connectivity index (χ4n) is 2.18. The second kappa shape index (κ2) is 4.06. The first-order valence-electron chi connectivity index (χ1n) is 4.95. The Kier molecular flexibility index (Phi) is 3.48. The van der Waals surface area contributed by atoms with Crippen molar-refractivity contribution in [1.82, 2.24) is 0 Å². The van der Waals surface area contributed by atoms with Gasteiger partial charge in [-0.2, -0.15) is 0 Å². The van der Waals surface area contributed by atoms with Crippen LogP contribution >= 0.6 is 8.03 Å². The summed E-state index contributed by atoms with van der Waals surface area (Å²) >= 11 is 0. The zero-order valence-electron chi connectivity index (χ0n) is 9.04. The first-order valence-corrected chi connectivity index (χ1v) is 6.58. The van der Waals surface area contributed by atoms with Crippen molar-refractivity contribution in [2.75, 3.05) is 13.3 Å². The predicted octanol–water partition coefficient (Wildman–Crippen LogP) is 3.45. The molecule has 0 heterocycles. The molecule has 0 radical (unpaired) electrons. The second-order valence-electron chi connectivity index (χ2n) is 4.93. The summed E-state index contributed by atoms with van der Waals surface area (Å²) in [6.45, 7) is 9.22. The van der Waals surface area contributed by atoms with E-state index in [0.717, 1.165) is 5.92 Å². The molecule has 0 aromatic rings. The maximum atomic E-state index is 10.8. The van der Waals surface area contributed by atoms with E-state index >= 15 is 0 Å². The average Bonchev–Trinajstić information content (AvgIpc) is 2.22. The van der Waals surface area contributed by atoms with Crippen molar-refractivity contribution < 1.29 is 9.09 Å². The Hall–Kier alpha value is 0.0600. The van der Waals surface area contributed by atoms with Gasteiger partial charge in [-0.3, -0.25) is 0 Å². The van der Waals surface area contributed by atoms with Gasteiger partial charge < -0.3 is 0 Å². The summed E-state index contributed by atoms with van der Waals surface area (Å²) in [5, 5.41) is 0. The van der Waals surface area contributed by atoms with Gasteiger partial charge in [-0.25, -0.2) is 0 Å². The Morgan fingerprint density at radius 2 is 2.15 bits per heavy atom. The van der Waals surface area contributed by atoms with Gasteiger partial charge in [0.2, 0.25) is 0 Å². The SMILES string of the molecule is CC1CC(CO[P+](C)=O)CC1(C)C. The van der Waals surface area contributed by atoms with Gasteiger partial charge in [0.25, 0.3) is 0 Å². The second-order valence-corrected chi connectivity index (χ2v) is 6.07. The van der Waals surface area contributed by atoms with E-state index in [1.807, 2.05) is 0 Å². The fourth-order valence-corrected chi connectivity index (χ4v) is 2.61. The fraction of sp³-hybridized carbons (Fsp3) is 1.00. The summed E-state index contributed by atoms with van der Waals surface area (Å²) in [7, 11) is -1.41. The van der Waals surface area contributed by atoms with E-state index in [-0.39, 0.29) is 0 Å². The summed E-state index contributed by atoms with van der Waals surface area (Å²) in [5.74, 6) is 1.37. The van der Waals surface area contributed by atoms with Gasteiger partial charge >= 0.3 is 8.03 Å². The molecule has 1 rings (SSSR count). The highest BCUT2D eigenvalue weighted by Crippen LogP contribution is 2.46. The zero-order chi connectivity index (χ0) is 10.1. The molecule has 3 unspecified atom stereocenters. The molecule has 0 N–H and O–H groups in total. The normalized spacial score (nSPS) is 33.4. The predicted molar refractivity (Wildman–Crippen MR) is 55.2 cm³/mol. The van der Waals surface area contributed by atoms with E-state index < -0.39 is 8.03 Å². The van der Waals surface area contributed by atoms with Crippen LogP contribution < -0.4 is 0 Å². The van der Waals surface area contributed by atoms with E-state index in [0.29, 0.717) is 17.9 Å². The van der Waals surface area contributed by atoms with Crippen molar-refractivity contribution >= 4 is 8.03 Å². The highest BCUT2D eigenvalue weighted by Gasteiger charge is 2.38. The van der Waals surface area contributed by atoms with Gasteiger partial charge in [-0.15, -0.1) is 4.52 Å². The lowest BCUT2D eigenvalue weighted by Gasteiger charge is -2.22. The van der Waals surface area contributed by atoms with Gasteiger partial charge in [0.1, 0.15) is 6.61 Å². The lowest BCUT2D eigenvalue weighted by molar-refractivity contribution is 0.245. The number of rotatable bonds is 3. The zero-order valence-corrected chi connectivity index (χ0v) is 9.93. The minimum atomic E-state index is -1.41. The lowest BCUT2D eigenvalue weighted by atomic mass is 9.83. The van der Waals surface area contributed by atoms with Gasteiger partial charge in [0.15, 0.2) is 6.66 Å². The third kappa shape index (κ3) is 3.03. The number of hydrogen-bond acceptors (Lipinski definition) is 2. The molecule has 2 nitrogen and oxygen atoms in total. The van der Waals surface area contributed by atoms with E-state index in [9.17, 15) is 4.57 Å². The van der Waals surface area contributed by atoms with Gasteiger partial charge in [0, 0.05) is 0 Å². The molecule has 3 atom stereocenters. The smallest absolute Gasteiger partial charge is 0.146 e. The van der Waals surface area contributed by atoms with Crippen molar-refractivity contribution in [3.63, 3.8) is 0 Å². The molecule has 1 saturated carbocycles. The Labute approximate surface area is 81.9 Å². The molecule has 1 aliphatic rings. The third-order valence-corrected chi connectivity index (χ3v) is 3.84. The quantitative estimate of drug-likeness (QED) is 0.657. The summed E-state index contributed by atoms with van der Waals surface area (Å²) in [5.41, 5.74) is 0.438. The van der Waals surface area contributed by atoms with Crippen LogP contribution in [0.2, 0.25) is 0 Å². The van der Waals surface area contributed by atoms with Crippen molar-refractivity contribution in [3.8, 4) is 0 Å². The Bertz CT molecular complexity index is 201. The van der Waals surface area contributed by atoms with Gasteiger partial charge in [-0.1, -0.05) is 20.8 Å². The molecule has 0 bridgehead atoms. The molecular weight excluding hydrogens is 183 g/mol. The van der Waals surface area contributed by atoms with E-state index in [4.69, 9.17) is 4.52 Å². The monoisotopic (exact) mass is 203 g/mol. The summed E-state index contributed by atoms with van der Waals surface area (Å²) in [6.07, 6.45) is 2.42. The van der Waals surface area contributed by atoms with Crippen LogP contribution in [0.5, 0.6) is 0 Å². The Morgan fingerprint density at radius 3 is 2.54 bits per heavy atom. The summed E-state index contributed by atoms with van der Waals surface area (Å²) in [6, 6.07) is 0. The molecule has 1 aliphatic carbocycles.